The molecule has 0 N–H and O–H groups in total. The Morgan fingerprint density at radius 3 is 2.41 bits per heavy atom. The third-order valence-electron chi connectivity index (χ3n) is 7.42. The van der Waals surface area contributed by atoms with Crippen molar-refractivity contribution in [2.75, 3.05) is 27.2 Å². The lowest BCUT2D eigenvalue weighted by Gasteiger charge is -2.19. The first kappa shape index (κ1) is 30.3. The number of amidine groups is 1. The number of benzene rings is 3. The van der Waals surface area contributed by atoms with Crippen molar-refractivity contribution >= 4 is 11.8 Å². The molecule has 6 rings (SSSR count). The van der Waals surface area contributed by atoms with Gasteiger partial charge in [-0.3, -0.25) is 4.99 Å². The predicted molar refractivity (Wildman–Crippen MR) is 161 cm³/mol. The molecule has 12 heteroatoms. The van der Waals surface area contributed by atoms with Gasteiger partial charge in [0, 0.05) is 38.1 Å². The number of hydrogen-bond acceptors (Lipinski definition) is 10. The van der Waals surface area contributed by atoms with E-state index in [0.29, 0.717) is 6.54 Å². The summed E-state index contributed by atoms with van der Waals surface area (Å²) in [7, 11) is 3.06. The molecule has 1 saturated carbocycles. The second kappa shape index (κ2) is 12.7. The fraction of sp³-hybridized carbons (Fsp3) is 0.235. The topological polar surface area (TPSA) is 116 Å². The number of carbonyl (C=O) groups excluding carboxylic acids is 1. The summed E-state index contributed by atoms with van der Waals surface area (Å²) in [6, 6.07) is 22.4. The molecule has 2 heterocycles. The minimum atomic E-state index is -1.57. The lowest BCUT2D eigenvalue weighted by atomic mass is 10.2. The van der Waals surface area contributed by atoms with Crippen molar-refractivity contribution in [2.45, 2.75) is 25.0 Å². The van der Waals surface area contributed by atoms with Crippen LogP contribution in [0.5, 0.6) is 34.8 Å². The molecule has 10 nitrogen and oxygen atoms in total. The van der Waals surface area contributed by atoms with Gasteiger partial charge in [0.15, 0.2) is 11.5 Å². The van der Waals surface area contributed by atoms with Crippen molar-refractivity contribution < 1.29 is 37.3 Å². The Hall–Kier alpha value is -5.70. The summed E-state index contributed by atoms with van der Waals surface area (Å²) in [5.41, 5.74) is 0.202. The first-order chi connectivity index (χ1) is 22.3. The molecule has 1 aliphatic heterocycles. The van der Waals surface area contributed by atoms with Crippen LogP contribution in [-0.2, 0) is 16.1 Å². The van der Waals surface area contributed by atoms with E-state index in [9.17, 15) is 10.1 Å². The number of nitriles is 1. The number of aromatic nitrogens is 1. The quantitative estimate of drug-likeness (QED) is 0.180. The third kappa shape index (κ3) is 6.25. The lowest BCUT2D eigenvalue weighted by molar-refractivity contribution is -0.151. The highest BCUT2D eigenvalue weighted by atomic mass is 19.1. The molecule has 0 unspecified atom stereocenters. The summed E-state index contributed by atoms with van der Waals surface area (Å²) in [5, 5.41) is 9.52. The molecule has 0 radical (unpaired) electrons. The first-order valence-corrected chi connectivity index (χ1v) is 14.4. The van der Waals surface area contributed by atoms with Gasteiger partial charge in [0.25, 0.3) is 11.8 Å². The third-order valence-corrected chi connectivity index (χ3v) is 7.42. The van der Waals surface area contributed by atoms with Gasteiger partial charge in [0.1, 0.15) is 18.2 Å². The van der Waals surface area contributed by atoms with Crippen LogP contribution in [0.25, 0.3) is 0 Å². The number of hydrogen-bond donors (Lipinski definition) is 0. The molecule has 1 aliphatic carbocycles. The second-order valence-corrected chi connectivity index (χ2v) is 10.7. The Balaban J connectivity index is 1.38. The van der Waals surface area contributed by atoms with Crippen LogP contribution < -0.4 is 18.9 Å². The first-order valence-electron chi connectivity index (χ1n) is 14.4. The monoisotopic (exact) mass is 626 g/mol. The van der Waals surface area contributed by atoms with E-state index in [4.69, 9.17) is 23.7 Å². The van der Waals surface area contributed by atoms with Crippen LogP contribution in [0.3, 0.4) is 0 Å². The maximum absolute atomic E-state index is 16.1. The molecule has 46 heavy (non-hydrogen) atoms. The molecule has 0 spiro atoms. The lowest BCUT2D eigenvalue weighted by Crippen LogP contribution is -2.31. The van der Waals surface area contributed by atoms with Crippen molar-refractivity contribution in [2.24, 2.45) is 4.99 Å². The molecule has 1 fully saturated rings. The SMILES string of the molecule is COC(=O)C1(Oc2c(F)c(Oc3cccc(C4=NCCN4C)c3)nc(Oc3cc(C#N)ccc3OCc3ccccc3)c2F)CC1. The number of methoxy groups -OCH3 is 1. The van der Waals surface area contributed by atoms with E-state index >= 15 is 8.78 Å². The molecule has 4 aromatic rings. The van der Waals surface area contributed by atoms with Crippen molar-refractivity contribution in [3.63, 3.8) is 0 Å². The Morgan fingerprint density at radius 2 is 1.74 bits per heavy atom. The molecular formula is C34H28F2N4O6. The van der Waals surface area contributed by atoms with Crippen LogP contribution in [0.4, 0.5) is 8.78 Å². The van der Waals surface area contributed by atoms with Crippen LogP contribution in [0.1, 0.15) is 29.5 Å². The van der Waals surface area contributed by atoms with Gasteiger partial charge in [-0.25, -0.2) is 4.79 Å². The number of nitrogens with zero attached hydrogens (tertiary/aromatic N) is 4. The number of halogens is 2. The molecule has 2 aliphatic rings. The van der Waals surface area contributed by atoms with Crippen LogP contribution in [-0.4, -0.2) is 54.5 Å². The normalized spacial score (nSPS) is 14.6. The number of aliphatic imine (C=N–C) groups is 1. The Morgan fingerprint density at radius 1 is 0.978 bits per heavy atom. The number of pyridine rings is 1. The minimum absolute atomic E-state index is 0.0664. The predicted octanol–water partition coefficient (Wildman–Crippen LogP) is 6.17. The zero-order chi connectivity index (χ0) is 32.3. The number of ether oxygens (including phenoxy) is 5. The molecule has 0 amide bonds. The Kier molecular flexibility index (Phi) is 8.39. The molecule has 3 aromatic carbocycles. The van der Waals surface area contributed by atoms with Gasteiger partial charge in [-0.05, 0) is 29.8 Å². The van der Waals surface area contributed by atoms with Crippen molar-refractivity contribution in [3.05, 3.63) is 101 Å². The van der Waals surface area contributed by atoms with Crippen molar-refractivity contribution in [3.8, 4) is 40.8 Å². The zero-order valence-electron chi connectivity index (χ0n) is 25.0. The summed E-state index contributed by atoms with van der Waals surface area (Å²) < 4.78 is 60.1. The highest BCUT2D eigenvalue weighted by Gasteiger charge is 2.55. The Labute approximate surface area is 263 Å². The van der Waals surface area contributed by atoms with Gasteiger partial charge in [-0.15, -0.1) is 0 Å². The van der Waals surface area contributed by atoms with E-state index in [0.717, 1.165) is 30.6 Å². The fourth-order valence-electron chi connectivity index (χ4n) is 4.82. The summed E-state index contributed by atoms with van der Waals surface area (Å²) in [6.07, 6.45) is 0.374. The Bertz CT molecular complexity index is 1860. The van der Waals surface area contributed by atoms with Crippen LogP contribution in [0.15, 0.2) is 77.8 Å². The zero-order valence-corrected chi connectivity index (χ0v) is 25.0. The van der Waals surface area contributed by atoms with Gasteiger partial charge in [0.05, 0.1) is 25.3 Å². The van der Waals surface area contributed by atoms with Crippen LogP contribution in [0, 0.1) is 23.0 Å². The smallest absolute Gasteiger partial charge is 0.350 e. The van der Waals surface area contributed by atoms with E-state index < -0.39 is 40.7 Å². The van der Waals surface area contributed by atoms with Gasteiger partial charge >= 0.3 is 5.97 Å². The largest absolute Gasteiger partial charge is 0.485 e. The summed E-state index contributed by atoms with van der Waals surface area (Å²) in [5.74, 6) is -4.70. The number of likely N-dealkylation sites (N-methyl/N-ethyl adjacent to an activating group) is 1. The molecule has 1 aromatic heterocycles. The average molecular weight is 627 g/mol. The van der Waals surface area contributed by atoms with Crippen LogP contribution in [0.2, 0.25) is 0 Å². The van der Waals surface area contributed by atoms with E-state index in [1.54, 1.807) is 18.2 Å². The molecule has 0 bridgehead atoms. The average Bonchev–Trinajstić information content (AvgIpc) is 3.75. The summed E-state index contributed by atoms with van der Waals surface area (Å²) >= 11 is 0. The van der Waals surface area contributed by atoms with Gasteiger partial charge < -0.3 is 28.6 Å². The van der Waals surface area contributed by atoms with Gasteiger partial charge in [-0.2, -0.15) is 19.0 Å². The number of esters is 1. The highest BCUT2D eigenvalue weighted by molar-refractivity contribution is 5.99. The van der Waals surface area contributed by atoms with Gasteiger partial charge in [0.2, 0.25) is 23.0 Å². The fourth-order valence-corrected chi connectivity index (χ4v) is 4.82. The summed E-state index contributed by atoms with van der Waals surface area (Å²) in [6.45, 7) is 1.53. The van der Waals surface area contributed by atoms with E-state index in [-0.39, 0.29) is 42.3 Å². The number of carbonyl (C=O) groups is 1. The number of rotatable bonds is 11. The standard InChI is InChI=1S/C34H28F2N4O6/c1-40-16-15-38-30(40)23-9-6-10-24(18-23)44-31-27(35)29(46-34(13-14-34)33(41)42-2)28(36)32(39-31)45-26-17-22(19-37)11-12-25(26)43-20-21-7-4-3-5-8-21/h3-12,17-18H,13-16,20H2,1-2H3. The second-order valence-electron chi connectivity index (χ2n) is 10.7. The van der Waals surface area contributed by atoms with E-state index in [1.807, 2.05) is 54.4 Å². The maximum Gasteiger partial charge on any atom is 0.350 e. The van der Waals surface area contributed by atoms with Gasteiger partial charge in [-0.1, -0.05) is 42.5 Å². The molecular weight excluding hydrogens is 598 g/mol. The highest BCUT2D eigenvalue weighted by Crippen LogP contribution is 2.46. The molecule has 0 atom stereocenters. The molecule has 0 saturated heterocycles. The minimum Gasteiger partial charge on any atom is -0.485 e. The summed E-state index contributed by atoms with van der Waals surface area (Å²) in [4.78, 5) is 22.9. The molecule has 234 valence electrons. The van der Waals surface area contributed by atoms with E-state index in [2.05, 4.69) is 9.98 Å². The van der Waals surface area contributed by atoms with E-state index in [1.165, 1.54) is 18.2 Å². The van der Waals surface area contributed by atoms with Crippen LogP contribution >= 0.6 is 0 Å². The maximum atomic E-state index is 16.1. The van der Waals surface area contributed by atoms with Crippen molar-refractivity contribution in [1.29, 1.82) is 5.26 Å². The van der Waals surface area contributed by atoms with Crippen molar-refractivity contribution in [1.82, 2.24) is 9.88 Å².